The first-order valence-electron chi connectivity index (χ1n) is 5.80. The van der Waals surface area contributed by atoms with Crippen molar-refractivity contribution in [3.8, 4) is 5.75 Å². The predicted octanol–water partition coefficient (Wildman–Crippen LogP) is 2.79. The molecular formula is C14H13BrN2O3. The lowest BCUT2D eigenvalue weighted by Gasteiger charge is -2.08. The number of nitrogen functional groups attached to an aromatic ring is 1. The molecule has 0 aliphatic carbocycles. The summed E-state index contributed by atoms with van der Waals surface area (Å²) in [6.07, 6.45) is 3.30. The minimum Gasteiger partial charge on any atom is -0.495 e. The Morgan fingerprint density at radius 2 is 2.15 bits per heavy atom. The number of carbonyl (C=O) groups is 1. The molecular weight excluding hydrogens is 324 g/mol. The fourth-order valence-electron chi connectivity index (χ4n) is 1.63. The molecule has 1 aromatic carbocycles. The number of hydrogen-bond donors (Lipinski definition) is 1. The molecule has 0 saturated heterocycles. The Bertz CT molecular complexity index is 632. The van der Waals surface area contributed by atoms with E-state index in [9.17, 15) is 4.79 Å². The molecule has 1 aromatic heterocycles. The molecule has 0 spiro atoms. The van der Waals surface area contributed by atoms with Gasteiger partial charge in [0.25, 0.3) is 0 Å². The van der Waals surface area contributed by atoms with Crippen molar-refractivity contribution < 1.29 is 14.3 Å². The normalized spacial score (nSPS) is 10.1. The Morgan fingerprint density at radius 1 is 1.35 bits per heavy atom. The molecule has 2 N–H and O–H groups in total. The number of benzene rings is 1. The molecule has 0 fully saturated rings. The van der Waals surface area contributed by atoms with E-state index in [1.807, 2.05) is 6.07 Å². The topological polar surface area (TPSA) is 74.4 Å². The molecule has 104 valence electrons. The van der Waals surface area contributed by atoms with E-state index < -0.39 is 5.97 Å². The van der Waals surface area contributed by atoms with Crippen LogP contribution in [0.25, 0.3) is 0 Å². The van der Waals surface area contributed by atoms with E-state index in [4.69, 9.17) is 15.2 Å². The third kappa shape index (κ3) is 3.48. The molecule has 5 nitrogen and oxygen atoms in total. The molecule has 0 saturated carbocycles. The molecule has 2 rings (SSSR count). The van der Waals surface area contributed by atoms with Gasteiger partial charge in [-0.2, -0.15) is 0 Å². The highest BCUT2D eigenvalue weighted by atomic mass is 79.9. The van der Waals surface area contributed by atoms with Crippen molar-refractivity contribution in [2.45, 2.75) is 6.61 Å². The number of anilines is 1. The van der Waals surface area contributed by atoms with Crippen LogP contribution in [0, 0.1) is 0 Å². The summed E-state index contributed by atoms with van der Waals surface area (Å²) in [6, 6.07) is 6.60. The molecule has 20 heavy (non-hydrogen) atoms. The third-order valence-electron chi connectivity index (χ3n) is 2.60. The maximum atomic E-state index is 11.9. The smallest absolute Gasteiger partial charge is 0.338 e. The van der Waals surface area contributed by atoms with Gasteiger partial charge in [-0.15, -0.1) is 0 Å². The highest BCUT2D eigenvalue weighted by molar-refractivity contribution is 9.10. The summed E-state index contributed by atoms with van der Waals surface area (Å²) in [4.78, 5) is 15.9. The lowest BCUT2D eigenvalue weighted by molar-refractivity contribution is 0.0472. The van der Waals surface area contributed by atoms with Gasteiger partial charge in [0.1, 0.15) is 12.4 Å². The van der Waals surface area contributed by atoms with Crippen LogP contribution in [-0.4, -0.2) is 18.1 Å². The van der Waals surface area contributed by atoms with Gasteiger partial charge < -0.3 is 15.2 Å². The van der Waals surface area contributed by atoms with Crippen LogP contribution in [0.5, 0.6) is 5.75 Å². The molecule has 0 unspecified atom stereocenters. The summed E-state index contributed by atoms with van der Waals surface area (Å²) in [5.74, 6) is 0.0806. The number of nitrogens with zero attached hydrogens (tertiary/aromatic N) is 1. The molecule has 2 aromatic rings. The van der Waals surface area contributed by atoms with Gasteiger partial charge in [0.15, 0.2) is 0 Å². The summed E-state index contributed by atoms with van der Waals surface area (Å²) in [7, 11) is 1.52. The summed E-state index contributed by atoms with van der Waals surface area (Å²) in [6.45, 7) is 0.150. The van der Waals surface area contributed by atoms with Crippen molar-refractivity contribution in [3.05, 3.63) is 52.3 Å². The Kier molecular flexibility index (Phi) is 4.57. The minimum atomic E-state index is -0.445. The van der Waals surface area contributed by atoms with E-state index in [0.717, 1.165) is 10.0 Å². The van der Waals surface area contributed by atoms with Crippen LogP contribution in [0.1, 0.15) is 15.9 Å². The van der Waals surface area contributed by atoms with Crippen molar-refractivity contribution >= 4 is 27.6 Å². The number of carbonyl (C=O) groups excluding carboxylic acids is 1. The maximum absolute atomic E-state index is 11.9. The zero-order chi connectivity index (χ0) is 14.5. The number of nitrogens with two attached hydrogens (primary N) is 1. The second-order valence-electron chi connectivity index (χ2n) is 4.04. The number of esters is 1. The van der Waals surface area contributed by atoms with Gasteiger partial charge in [-0.1, -0.05) is 0 Å². The van der Waals surface area contributed by atoms with E-state index in [1.165, 1.54) is 13.2 Å². The number of aromatic nitrogens is 1. The minimum absolute atomic E-state index is 0.150. The van der Waals surface area contributed by atoms with Crippen molar-refractivity contribution in [2.24, 2.45) is 0 Å². The Labute approximate surface area is 124 Å². The first-order valence-corrected chi connectivity index (χ1v) is 6.59. The van der Waals surface area contributed by atoms with E-state index in [2.05, 4.69) is 20.9 Å². The zero-order valence-corrected chi connectivity index (χ0v) is 12.4. The van der Waals surface area contributed by atoms with Crippen molar-refractivity contribution in [1.82, 2.24) is 4.98 Å². The highest BCUT2D eigenvalue weighted by Gasteiger charge is 2.10. The van der Waals surface area contributed by atoms with Gasteiger partial charge in [-0.3, -0.25) is 4.98 Å². The maximum Gasteiger partial charge on any atom is 0.338 e. The Hall–Kier alpha value is -2.08. The summed E-state index contributed by atoms with van der Waals surface area (Å²) in [5.41, 5.74) is 7.32. The summed E-state index contributed by atoms with van der Waals surface area (Å²) in [5, 5.41) is 0. The lowest BCUT2D eigenvalue weighted by Crippen LogP contribution is -2.06. The van der Waals surface area contributed by atoms with Crippen LogP contribution in [0.4, 0.5) is 5.69 Å². The van der Waals surface area contributed by atoms with Crippen molar-refractivity contribution in [3.63, 3.8) is 0 Å². The molecule has 1 heterocycles. The molecule has 0 bridgehead atoms. The number of rotatable bonds is 4. The Balaban J connectivity index is 2.03. The monoisotopic (exact) mass is 336 g/mol. The Morgan fingerprint density at radius 3 is 2.80 bits per heavy atom. The van der Waals surface area contributed by atoms with Gasteiger partial charge >= 0.3 is 5.97 Å². The van der Waals surface area contributed by atoms with Crippen LogP contribution in [0.2, 0.25) is 0 Å². The molecule has 0 aliphatic heterocycles. The summed E-state index contributed by atoms with van der Waals surface area (Å²) < 4.78 is 11.1. The average Bonchev–Trinajstić information content (AvgIpc) is 2.44. The first-order chi connectivity index (χ1) is 9.60. The standard InChI is InChI=1S/C14H13BrN2O3/c1-19-13-3-2-10(5-12(13)16)14(18)20-8-9-4-11(15)7-17-6-9/h2-7H,8,16H2,1H3. The van der Waals surface area contributed by atoms with E-state index in [0.29, 0.717) is 17.0 Å². The van der Waals surface area contributed by atoms with E-state index in [1.54, 1.807) is 24.5 Å². The highest BCUT2D eigenvalue weighted by Crippen LogP contribution is 2.22. The van der Waals surface area contributed by atoms with Crippen LogP contribution >= 0.6 is 15.9 Å². The fourth-order valence-corrected chi connectivity index (χ4v) is 2.04. The van der Waals surface area contributed by atoms with Gasteiger partial charge in [0.2, 0.25) is 0 Å². The first kappa shape index (κ1) is 14.3. The molecule has 0 aliphatic rings. The number of ether oxygens (including phenoxy) is 2. The molecule has 0 radical (unpaired) electrons. The summed E-state index contributed by atoms with van der Waals surface area (Å²) >= 11 is 3.31. The van der Waals surface area contributed by atoms with Crippen LogP contribution < -0.4 is 10.5 Å². The van der Waals surface area contributed by atoms with E-state index in [-0.39, 0.29) is 6.61 Å². The number of pyridine rings is 1. The van der Waals surface area contributed by atoms with Crippen molar-refractivity contribution in [1.29, 1.82) is 0 Å². The lowest BCUT2D eigenvalue weighted by atomic mass is 10.2. The largest absolute Gasteiger partial charge is 0.495 e. The molecule has 0 amide bonds. The average molecular weight is 337 g/mol. The van der Waals surface area contributed by atoms with Crippen LogP contribution in [0.3, 0.4) is 0 Å². The number of methoxy groups -OCH3 is 1. The van der Waals surface area contributed by atoms with Gasteiger partial charge in [-0.05, 0) is 40.2 Å². The fraction of sp³-hybridized carbons (Fsp3) is 0.143. The predicted molar refractivity (Wildman–Crippen MR) is 78.5 cm³/mol. The second kappa shape index (κ2) is 6.38. The second-order valence-corrected chi connectivity index (χ2v) is 4.96. The van der Waals surface area contributed by atoms with E-state index >= 15 is 0 Å². The van der Waals surface area contributed by atoms with Crippen LogP contribution in [-0.2, 0) is 11.3 Å². The quantitative estimate of drug-likeness (QED) is 0.686. The molecule has 0 atom stereocenters. The third-order valence-corrected chi connectivity index (χ3v) is 3.03. The van der Waals surface area contributed by atoms with Crippen molar-refractivity contribution in [2.75, 3.05) is 12.8 Å². The molecule has 6 heteroatoms. The van der Waals surface area contributed by atoms with Crippen LogP contribution in [0.15, 0.2) is 41.1 Å². The van der Waals surface area contributed by atoms with Gasteiger partial charge in [-0.25, -0.2) is 4.79 Å². The van der Waals surface area contributed by atoms with Gasteiger partial charge in [0.05, 0.1) is 18.4 Å². The zero-order valence-electron chi connectivity index (χ0n) is 10.8. The number of halogens is 1. The number of hydrogen-bond acceptors (Lipinski definition) is 5. The SMILES string of the molecule is COc1ccc(C(=O)OCc2cncc(Br)c2)cc1N. The van der Waals surface area contributed by atoms with Gasteiger partial charge in [0, 0.05) is 22.4 Å².